The van der Waals surface area contributed by atoms with Crippen LogP contribution in [0.3, 0.4) is 0 Å². The maximum absolute atomic E-state index is 4.83. The molecule has 6 nitrogen and oxygen atoms in total. The number of nitrogens with zero attached hydrogens (tertiary/aromatic N) is 6. The summed E-state index contributed by atoms with van der Waals surface area (Å²) in [6.45, 7) is 9.04. The van der Waals surface area contributed by atoms with Crippen molar-refractivity contribution in [1.82, 2.24) is 27.5 Å². The summed E-state index contributed by atoms with van der Waals surface area (Å²) in [5.41, 5.74) is 6.35. The largest absolute Gasteiger partial charge is 0.252 e. The van der Waals surface area contributed by atoms with E-state index in [-0.39, 0.29) is 0 Å². The third-order valence-electron chi connectivity index (χ3n) is 7.12. The summed E-state index contributed by atoms with van der Waals surface area (Å²) in [6.07, 6.45) is 5.85. The maximum Gasteiger partial charge on any atom is 0.133 e. The Labute approximate surface area is 278 Å². The molecule has 8 heterocycles. The van der Waals surface area contributed by atoms with Crippen molar-refractivity contribution in [3.8, 4) is 33.0 Å². The van der Waals surface area contributed by atoms with Gasteiger partial charge in [-0.25, -0.2) is 0 Å². The fraction of sp³-hybridized carbons (Fsp3) is 0.250. The number of rotatable bonds is 6. The first-order valence-electron chi connectivity index (χ1n) is 14.2. The first-order valence-corrected chi connectivity index (χ1v) is 18.9. The minimum absolute atomic E-state index is 0.649. The lowest BCUT2D eigenvalue weighted by Gasteiger charge is -2.01. The van der Waals surface area contributed by atoms with Crippen molar-refractivity contribution in [2.75, 3.05) is 0 Å². The van der Waals surface area contributed by atoms with E-state index < -0.39 is 0 Å². The molecule has 218 valence electrons. The first kappa shape index (κ1) is 28.3. The molecule has 44 heavy (non-hydrogen) atoms. The third-order valence-corrected chi connectivity index (χ3v) is 12.8. The highest BCUT2D eigenvalue weighted by atomic mass is 32.1. The standard InChI is InChI=1S/C32H24N6S6/c1-15(2)7-19-9-21-23(39-19)11-25(41-21)29-31-27(35-43-37-31)17(13-33-29)5-6-18-14-34-30(32-28(18)36-44-38-32)26-12-24-22(42-26)10-20(40-24)8-16(3)4/h9-16H,7-8H2,1-4H3. The molecule has 0 radical (unpaired) electrons. The highest BCUT2D eigenvalue weighted by Gasteiger charge is 2.19. The average molecular weight is 685 g/mol. The molecule has 0 aliphatic rings. The van der Waals surface area contributed by atoms with Gasteiger partial charge in [-0.3, -0.25) is 9.97 Å². The number of hydrogen-bond acceptors (Lipinski definition) is 12. The first-order chi connectivity index (χ1) is 21.4. The van der Waals surface area contributed by atoms with Crippen molar-refractivity contribution in [2.24, 2.45) is 11.8 Å². The molecule has 0 N–H and O–H groups in total. The molecule has 0 atom stereocenters. The van der Waals surface area contributed by atoms with Crippen LogP contribution in [0.5, 0.6) is 0 Å². The van der Waals surface area contributed by atoms with E-state index in [4.69, 9.17) is 9.97 Å². The van der Waals surface area contributed by atoms with Gasteiger partial charge in [0.1, 0.15) is 33.5 Å². The molecule has 0 spiro atoms. The van der Waals surface area contributed by atoms with Crippen molar-refractivity contribution >= 4 is 110 Å². The van der Waals surface area contributed by atoms with Gasteiger partial charge >= 0.3 is 0 Å². The molecule has 8 rings (SSSR count). The van der Waals surface area contributed by atoms with Crippen molar-refractivity contribution in [2.45, 2.75) is 40.5 Å². The maximum atomic E-state index is 4.83. The lowest BCUT2D eigenvalue weighted by Crippen LogP contribution is -1.90. The molecule has 12 heteroatoms. The van der Waals surface area contributed by atoms with Crippen LogP contribution in [-0.4, -0.2) is 27.5 Å². The van der Waals surface area contributed by atoms with Gasteiger partial charge in [-0.1, -0.05) is 39.5 Å². The lowest BCUT2D eigenvalue weighted by atomic mass is 10.1. The van der Waals surface area contributed by atoms with Gasteiger partial charge in [-0.15, -0.1) is 45.3 Å². The Balaban J connectivity index is 1.11. The van der Waals surface area contributed by atoms with E-state index in [9.17, 15) is 0 Å². The fourth-order valence-corrected chi connectivity index (χ4v) is 11.6. The smallest absolute Gasteiger partial charge is 0.133 e. The van der Waals surface area contributed by atoms with Crippen molar-refractivity contribution < 1.29 is 0 Å². The lowest BCUT2D eigenvalue weighted by molar-refractivity contribution is 0.654. The highest BCUT2D eigenvalue weighted by molar-refractivity contribution is 7.30. The molecule has 0 amide bonds. The number of thiophene rings is 4. The van der Waals surface area contributed by atoms with Crippen molar-refractivity contribution in [1.29, 1.82) is 0 Å². The highest BCUT2D eigenvalue weighted by Crippen LogP contribution is 2.42. The second-order valence-electron chi connectivity index (χ2n) is 11.5. The zero-order valence-electron chi connectivity index (χ0n) is 24.2. The van der Waals surface area contributed by atoms with Crippen molar-refractivity contribution in [3.63, 3.8) is 0 Å². The number of pyridine rings is 2. The number of aromatic nitrogens is 6. The van der Waals surface area contributed by atoms with Crippen LogP contribution in [0.25, 0.3) is 62.0 Å². The SMILES string of the molecule is CC(C)Cc1cc2sc(-c3ncc(C#Cc4cnc(-c5cc6sc(CC(C)C)cc6s5)c5nsnc45)c4nsnc34)cc2s1. The van der Waals surface area contributed by atoms with Crippen LogP contribution in [0.2, 0.25) is 0 Å². The Hall–Kier alpha value is -3.18. The van der Waals surface area contributed by atoms with Gasteiger partial charge in [-0.2, -0.15) is 17.5 Å². The van der Waals surface area contributed by atoms with Gasteiger partial charge in [-0.05, 0) is 48.9 Å². The summed E-state index contributed by atoms with van der Waals surface area (Å²) in [4.78, 5) is 14.7. The van der Waals surface area contributed by atoms with Crippen LogP contribution in [0, 0.1) is 23.7 Å². The van der Waals surface area contributed by atoms with Gasteiger partial charge < -0.3 is 0 Å². The number of fused-ring (bicyclic) bond motifs is 4. The zero-order valence-corrected chi connectivity index (χ0v) is 29.1. The number of hydrogen-bond donors (Lipinski definition) is 0. The van der Waals surface area contributed by atoms with E-state index in [1.807, 2.05) is 35.1 Å². The van der Waals surface area contributed by atoms with Crippen LogP contribution >= 0.6 is 68.8 Å². The van der Waals surface area contributed by atoms with Gasteiger partial charge in [0.2, 0.25) is 0 Å². The summed E-state index contributed by atoms with van der Waals surface area (Å²) < 4.78 is 23.7. The molecule has 8 aromatic rings. The summed E-state index contributed by atoms with van der Waals surface area (Å²) in [5.74, 6) is 7.89. The minimum atomic E-state index is 0.649. The van der Waals surface area contributed by atoms with Crippen LogP contribution in [0.15, 0.2) is 36.7 Å². The average Bonchev–Trinajstić information content (AvgIpc) is 3.80. The molecule has 0 aliphatic carbocycles. The van der Waals surface area contributed by atoms with E-state index >= 15 is 0 Å². The molecule has 0 fully saturated rings. The summed E-state index contributed by atoms with van der Waals surface area (Å²) in [7, 11) is 0. The monoisotopic (exact) mass is 684 g/mol. The van der Waals surface area contributed by atoms with E-state index in [1.165, 1.54) is 52.0 Å². The summed E-state index contributed by atoms with van der Waals surface area (Å²) in [6, 6.07) is 9.12. The van der Waals surface area contributed by atoms with Gasteiger partial charge in [0, 0.05) is 40.9 Å². The Kier molecular flexibility index (Phi) is 7.28. The molecule has 0 aliphatic heterocycles. The van der Waals surface area contributed by atoms with Crippen LogP contribution in [0.4, 0.5) is 0 Å². The van der Waals surface area contributed by atoms with E-state index in [1.54, 1.807) is 22.7 Å². The zero-order chi connectivity index (χ0) is 29.9. The Bertz CT molecular complexity index is 2160. The second kappa shape index (κ2) is 11.3. The fourth-order valence-electron chi connectivity index (χ4n) is 5.23. The Morgan fingerprint density at radius 3 is 1.36 bits per heavy atom. The quantitative estimate of drug-likeness (QED) is 0.162. The molecular formula is C32H24N6S6. The third kappa shape index (κ3) is 5.15. The molecule has 0 unspecified atom stereocenters. The molecule has 8 aromatic heterocycles. The minimum Gasteiger partial charge on any atom is -0.252 e. The second-order valence-corrected chi connectivity index (χ2v) is 17.1. The normalized spacial score (nSPS) is 12.0. The van der Waals surface area contributed by atoms with Crippen LogP contribution in [-0.2, 0) is 12.8 Å². The van der Waals surface area contributed by atoms with E-state index in [2.05, 4.69) is 81.3 Å². The Morgan fingerprint density at radius 2 is 0.955 bits per heavy atom. The molecule has 0 saturated carbocycles. The molecule has 0 saturated heterocycles. The molecular weight excluding hydrogens is 661 g/mol. The van der Waals surface area contributed by atoms with Crippen LogP contribution < -0.4 is 0 Å². The Morgan fingerprint density at radius 1 is 0.545 bits per heavy atom. The van der Waals surface area contributed by atoms with Crippen molar-refractivity contribution in [3.05, 3.63) is 57.5 Å². The van der Waals surface area contributed by atoms with Crippen LogP contribution in [0.1, 0.15) is 48.6 Å². The molecule has 0 aromatic carbocycles. The predicted octanol–water partition coefficient (Wildman–Crippen LogP) is 10.2. The van der Waals surface area contributed by atoms with Gasteiger partial charge in [0.15, 0.2) is 0 Å². The summed E-state index contributed by atoms with van der Waals surface area (Å²) in [5, 5.41) is 0. The summed E-state index contributed by atoms with van der Waals surface area (Å²) >= 11 is 9.67. The topological polar surface area (TPSA) is 77.3 Å². The van der Waals surface area contributed by atoms with Gasteiger partial charge in [0.25, 0.3) is 0 Å². The van der Waals surface area contributed by atoms with E-state index in [0.717, 1.165) is 67.2 Å². The van der Waals surface area contributed by atoms with Gasteiger partial charge in [0.05, 0.1) is 44.3 Å². The predicted molar refractivity (Wildman–Crippen MR) is 191 cm³/mol. The molecule has 0 bridgehead atoms. The van der Waals surface area contributed by atoms with E-state index in [0.29, 0.717) is 11.8 Å².